The number of ether oxygens (including phenoxy) is 1. The number of cyclic esters (lactones) is 1. The number of aliphatic hydroxyl groups is 1. The molecule has 0 saturated carbocycles. The van der Waals surface area contributed by atoms with Crippen LogP contribution < -0.4 is 4.90 Å². The van der Waals surface area contributed by atoms with Gasteiger partial charge in [-0.25, -0.2) is 0 Å². The predicted octanol–water partition coefficient (Wildman–Crippen LogP) is 4.95. The number of aliphatic hydroxyl groups excluding tert-OH is 1. The normalized spacial score (nSPS) is 33.0. The van der Waals surface area contributed by atoms with E-state index in [2.05, 4.69) is 6.08 Å². The Balaban J connectivity index is 1.55. The molecule has 2 aromatic carbocycles. The van der Waals surface area contributed by atoms with Gasteiger partial charge in [0.25, 0.3) is 5.91 Å². The van der Waals surface area contributed by atoms with Crippen LogP contribution in [0.1, 0.15) is 37.8 Å². The maximum Gasteiger partial charge on any atom is 0.311 e. The number of amides is 2. The summed E-state index contributed by atoms with van der Waals surface area (Å²) in [6, 6.07) is 14.6. The molecule has 4 aliphatic heterocycles. The third kappa shape index (κ3) is 4.51. The van der Waals surface area contributed by atoms with Gasteiger partial charge in [-0.2, -0.15) is 0 Å². The highest BCUT2D eigenvalue weighted by Gasteiger charge is 2.74. The third-order valence-corrected chi connectivity index (χ3v) is 10.9. The number of benzene rings is 2. The Labute approximate surface area is 249 Å². The number of rotatable bonds is 4. The van der Waals surface area contributed by atoms with Gasteiger partial charge >= 0.3 is 5.97 Å². The van der Waals surface area contributed by atoms with E-state index < -0.39 is 39.4 Å². The standard InChI is InChI=1S/C32H33ClN2O5S/c1-31-16-9-2-3-10-19-40-30(39)26(31)25-28(37)35(24(20-36)21-12-5-4-6-13-21)27-29(38)34(18-11-17-32(25,27)41-31)23-15-8-7-14-22(23)33/h4-9,11-17,24-27,36H,2-3,10,18-20H2,1H3/b16-9-/t24-,25+,26-,27?,31+,32+/m1/s1. The first-order valence-corrected chi connectivity index (χ1v) is 15.3. The summed E-state index contributed by atoms with van der Waals surface area (Å²) in [6.45, 7) is 2.14. The summed E-state index contributed by atoms with van der Waals surface area (Å²) >= 11 is 8.06. The molecule has 9 heteroatoms. The molecule has 2 aromatic rings. The first-order valence-electron chi connectivity index (χ1n) is 14.1. The van der Waals surface area contributed by atoms with Crippen molar-refractivity contribution in [3.05, 3.63) is 89.5 Å². The van der Waals surface area contributed by atoms with Crippen LogP contribution in [-0.2, 0) is 19.1 Å². The first-order chi connectivity index (χ1) is 19.8. The van der Waals surface area contributed by atoms with Gasteiger partial charge in [0.05, 0.1) is 46.5 Å². The Morgan fingerprint density at radius 1 is 1.00 bits per heavy atom. The van der Waals surface area contributed by atoms with Gasteiger partial charge in [-0.15, -0.1) is 11.8 Å². The van der Waals surface area contributed by atoms with Crippen LogP contribution in [0.3, 0.4) is 0 Å². The number of hydrogen-bond acceptors (Lipinski definition) is 6. The fourth-order valence-corrected chi connectivity index (χ4v) is 9.37. The highest BCUT2D eigenvalue weighted by Crippen LogP contribution is 2.66. The average molecular weight is 593 g/mol. The third-order valence-electron chi connectivity index (χ3n) is 8.77. The molecule has 2 amide bonds. The van der Waals surface area contributed by atoms with Gasteiger partial charge < -0.3 is 19.6 Å². The average Bonchev–Trinajstić information content (AvgIpc) is 3.30. The zero-order chi connectivity index (χ0) is 28.8. The number of esters is 1. The lowest BCUT2D eigenvalue weighted by Crippen LogP contribution is -2.54. The van der Waals surface area contributed by atoms with Crippen molar-refractivity contribution in [2.45, 2.75) is 47.8 Å². The topological polar surface area (TPSA) is 87.1 Å². The number of halogens is 1. The Morgan fingerprint density at radius 3 is 2.51 bits per heavy atom. The summed E-state index contributed by atoms with van der Waals surface area (Å²) in [5, 5.41) is 11.1. The molecule has 6 rings (SSSR count). The molecule has 0 aromatic heterocycles. The Morgan fingerprint density at radius 2 is 1.76 bits per heavy atom. The number of likely N-dealkylation sites (tertiary alicyclic amines) is 1. The molecule has 2 saturated heterocycles. The van der Waals surface area contributed by atoms with E-state index in [0.29, 0.717) is 22.9 Å². The molecule has 1 N–H and O–H groups in total. The lowest BCUT2D eigenvalue weighted by Gasteiger charge is -2.40. The Kier molecular flexibility index (Phi) is 7.51. The molecule has 0 radical (unpaired) electrons. The van der Waals surface area contributed by atoms with E-state index in [0.717, 1.165) is 19.3 Å². The Bertz CT molecular complexity index is 1420. The second kappa shape index (κ2) is 11.0. The number of fused-ring (bicyclic) bond motifs is 2. The summed E-state index contributed by atoms with van der Waals surface area (Å²) in [4.78, 5) is 46.4. The number of hydrogen-bond donors (Lipinski definition) is 1. The Hall–Kier alpha value is -3.07. The fraction of sp³-hybridized carbons (Fsp3) is 0.406. The predicted molar refractivity (Wildman–Crippen MR) is 160 cm³/mol. The van der Waals surface area contributed by atoms with Crippen molar-refractivity contribution >= 4 is 46.8 Å². The van der Waals surface area contributed by atoms with Crippen molar-refractivity contribution in [1.29, 1.82) is 0 Å². The van der Waals surface area contributed by atoms with E-state index in [1.165, 1.54) is 16.7 Å². The zero-order valence-corrected chi connectivity index (χ0v) is 24.4. The molecule has 1 unspecified atom stereocenters. The molecular formula is C32H33ClN2O5S. The minimum atomic E-state index is -1.07. The van der Waals surface area contributed by atoms with Crippen LogP contribution in [0.15, 0.2) is 78.9 Å². The first kappa shape index (κ1) is 28.1. The van der Waals surface area contributed by atoms with Crippen molar-refractivity contribution in [3.8, 4) is 0 Å². The molecule has 41 heavy (non-hydrogen) atoms. The molecule has 0 bridgehead atoms. The lowest BCUT2D eigenvalue weighted by atomic mass is 9.74. The van der Waals surface area contributed by atoms with E-state index in [4.69, 9.17) is 16.3 Å². The van der Waals surface area contributed by atoms with Crippen LogP contribution in [0, 0.1) is 11.8 Å². The molecule has 0 aliphatic carbocycles. The molecule has 1 spiro atoms. The van der Waals surface area contributed by atoms with Crippen LogP contribution in [0.4, 0.5) is 5.69 Å². The number of carbonyl (C=O) groups is 3. The van der Waals surface area contributed by atoms with Crippen molar-refractivity contribution < 1.29 is 24.2 Å². The van der Waals surface area contributed by atoms with Gasteiger partial charge in [0.15, 0.2) is 0 Å². The quantitative estimate of drug-likeness (QED) is 0.399. The van der Waals surface area contributed by atoms with Crippen LogP contribution in [0.2, 0.25) is 5.02 Å². The van der Waals surface area contributed by atoms with Crippen molar-refractivity contribution in [2.24, 2.45) is 11.8 Å². The molecule has 4 aliphatic rings. The monoisotopic (exact) mass is 592 g/mol. The maximum absolute atomic E-state index is 14.8. The minimum absolute atomic E-state index is 0.257. The molecule has 214 valence electrons. The minimum Gasteiger partial charge on any atom is -0.465 e. The van der Waals surface area contributed by atoms with Gasteiger partial charge in [-0.05, 0) is 43.9 Å². The SMILES string of the molecule is C[C@]12/C=C\CCCCOC(=O)[C@H]1[C@H]1C(=O)N([C@H](CO)c3ccccc3)C3C(=O)N(c4ccccc4Cl)CC=C[C@@]31S2. The highest BCUT2D eigenvalue weighted by molar-refractivity contribution is 8.02. The molecule has 4 heterocycles. The summed E-state index contributed by atoms with van der Waals surface area (Å²) < 4.78 is 3.92. The number of allylic oxidation sites excluding steroid dienone is 1. The van der Waals surface area contributed by atoms with Gasteiger partial charge in [-0.3, -0.25) is 14.4 Å². The second-order valence-electron chi connectivity index (χ2n) is 11.2. The van der Waals surface area contributed by atoms with Crippen molar-refractivity contribution in [3.63, 3.8) is 0 Å². The van der Waals surface area contributed by atoms with Gasteiger partial charge in [0, 0.05) is 11.3 Å². The number of para-hydroxylation sites is 1. The molecule has 2 fully saturated rings. The molecular weight excluding hydrogens is 560 g/mol. The number of anilines is 1. The van der Waals surface area contributed by atoms with E-state index in [-0.39, 0.29) is 25.0 Å². The second-order valence-corrected chi connectivity index (χ2v) is 13.4. The van der Waals surface area contributed by atoms with E-state index in [1.54, 1.807) is 23.1 Å². The number of thioether (sulfide) groups is 1. The highest BCUT2D eigenvalue weighted by atomic mass is 35.5. The van der Waals surface area contributed by atoms with Crippen LogP contribution in [0.25, 0.3) is 0 Å². The number of carbonyl (C=O) groups excluding carboxylic acids is 3. The van der Waals surface area contributed by atoms with Crippen LogP contribution >= 0.6 is 23.4 Å². The summed E-state index contributed by atoms with van der Waals surface area (Å²) in [5.74, 6) is -2.72. The maximum atomic E-state index is 14.8. The van der Waals surface area contributed by atoms with Crippen LogP contribution in [-0.4, -0.2) is 63.1 Å². The summed E-state index contributed by atoms with van der Waals surface area (Å²) in [5.41, 5.74) is 1.26. The number of nitrogens with zero attached hydrogens (tertiary/aromatic N) is 2. The van der Waals surface area contributed by atoms with Gasteiger partial charge in [0.2, 0.25) is 5.91 Å². The van der Waals surface area contributed by atoms with E-state index in [9.17, 15) is 19.5 Å². The van der Waals surface area contributed by atoms with Crippen molar-refractivity contribution in [1.82, 2.24) is 4.90 Å². The summed E-state index contributed by atoms with van der Waals surface area (Å²) in [7, 11) is 0. The largest absolute Gasteiger partial charge is 0.465 e. The van der Waals surface area contributed by atoms with Gasteiger partial charge in [0.1, 0.15) is 6.04 Å². The lowest BCUT2D eigenvalue weighted by molar-refractivity contribution is -0.154. The molecule has 7 nitrogen and oxygen atoms in total. The zero-order valence-electron chi connectivity index (χ0n) is 22.8. The summed E-state index contributed by atoms with van der Waals surface area (Å²) in [6.07, 6.45) is 10.5. The van der Waals surface area contributed by atoms with Crippen LogP contribution in [0.5, 0.6) is 0 Å². The smallest absolute Gasteiger partial charge is 0.311 e. The molecule has 6 atom stereocenters. The van der Waals surface area contributed by atoms with E-state index in [1.807, 2.05) is 61.5 Å². The van der Waals surface area contributed by atoms with Gasteiger partial charge in [-0.1, -0.05) is 78.4 Å². The van der Waals surface area contributed by atoms with E-state index >= 15 is 0 Å². The fourth-order valence-electron chi connectivity index (χ4n) is 6.99. The van der Waals surface area contributed by atoms with Crippen molar-refractivity contribution in [2.75, 3.05) is 24.7 Å².